The predicted molar refractivity (Wildman–Crippen MR) is 112 cm³/mol. The molecule has 0 saturated carbocycles. The van der Waals surface area contributed by atoms with Crippen molar-refractivity contribution in [1.82, 2.24) is 14.1 Å². The van der Waals surface area contributed by atoms with E-state index in [1.54, 1.807) is 18.2 Å². The topological polar surface area (TPSA) is 70.2 Å². The summed E-state index contributed by atoms with van der Waals surface area (Å²) in [6.07, 6.45) is 2.77. The van der Waals surface area contributed by atoms with Gasteiger partial charge in [0.2, 0.25) is 10.0 Å². The number of nitrogens with zero attached hydrogens (tertiary/aromatic N) is 3. The van der Waals surface area contributed by atoms with Crippen LogP contribution in [0.1, 0.15) is 43.5 Å². The third kappa shape index (κ3) is 5.17. The molecule has 1 aromatic rings. The molecule has 0 spiro atoms. The first-order valence-electron chi connectivity index (χ1n) is 10.4. The molecule has 0 aliphatic carbocycles. The molecule has 3 atom stereocenters. The normalized spacial score (nSPS) is 26.7. The fourth-order valence-electron chi connectivity index (χ4n) is 4.31. The summed E-state index contributed by atoms with van der Waals surface area (Å²) < 4.78 is 33.5. The number of morpholine rings is 1. The summed E-state index contributed by atoms with van der Waals surface area (Å²) in [7, 11) is 0.345. The van der Waals surface area contributed by atoms with Crippen LogP contribution in [0.15, 0.2) is 29.2 Å². The number of hydrogen-bond donors (Lipinski definition) is 0. The second-order valence-corrected chi connectivity index (χ2v) is 10.5. The van der Waals surface area contributed by atoms with Crippen molar-refractivity contribution >= 4 is 15.9 Å². The summed E-state index contributed by atoms with van der Waals surface area (Å²) in [5.41, 5.74) is 0.436. The van der Waals surface area contributed by atoms with Crippen molar-refractivity contribution in [2.45, 2.75) is 56.3 Å². The lowest BCUT2D eigenvalue weighted by Crippen LogP contribution is -2.48. The Morgan fingerprint density at radius 3 is 2.52 bits per heavy atom. The monoisotopic (exact) mass is 423 g/mol. The molecule has 0 radical (unpaired) electrons. The van der Waals surface area contributed by atoms with Gasteiger partial charge in [-0.2, -0.15) is 4.31 Å². The third-order valence-electron chi connectivity index (χ3n) is 5.57. The molecule has 0 bridgehead atoms. The van der Waals surface area contributed by atoms with E-state index in [9.17, 15) is 13.2 Å². The summed E-state index contributed by atoms with van der Waals surface area (Å²) >= 11 is 0. The molecule has 3 rings (SSSR count). The third-order valence-corrected chi connectivity index (χ3v) is 7.40. The Hall–Kier alpha value is -1.48. The zero-order valence-corrected chi connectivity index (χ0v) is 18.7. The SMILES string of the molecule is C[C@@H]1CN(S(=O)(=O)c2cccc(C(=O)N3CCCC[C@@H]3CN(C)C)c2)C[C@H](C)O1. The molecule has 2 heterocycles. The maximum absolute atomic E-state index is 13.2. The minimum atomic E-state index is -3.67. The molecule has 2 fully saturated rings. The highest BCUT2D eigenvalue weighted by molar-refractivity contribution is 7.89. The van der Waals surface area contributed by atoms with Crippen molar-refractivity contribution in [3.8, 4) is 0 Å². The van der Waals surface area contributed by atoms with Crippen LogP contribution in [0.2, 0.25) is 0 Å². The second-order valence-electron chi connectivity index (χ2n) is 8.52. The van der Waals surface area contributed by atoms with Gasteiger partial charge >= 0.3 is 0 Å². The van der Waals surface area contributed by atoms with Crippen LogP contribution in [0.3, 0.4) is 0 Å². The molecule has 1 aromatic carbocycles. The smallest absolute Gasteiger partial charge is 0.254 e. The summed E-state index contributed by atoms with van der Waals surface area (Å²) in [4.78, 5) is 17.4. The molecule has 29 heavy (non-hydrogen) atoms. The van der Waals surface area contributed by atoms with E-state index >= 15 is 0 Å². The Balaban J connectivity index is 1.84. The Kier molecular flexibility index (Phi) is 6.98. The number of amides is 1. The number of likely N-dealkylation sites (N-methyl/N-ethyl adjacent to an activating group) is 1. The van der Waals surface area contributed by atoms with Crippen LogP contribution in [0.25, 0.3) is 0 Å². The van der Waals surface area contributed by atoms with E-state index in [-0.39, 0.29) is 29.1 Å². The van der Waals surface area contributed by atoms with E-state index < -0.39 is 10.0 Å². The van der Waals surface area contributed by atoms with E-state index in [0.29, 0.717) is 25.2 Å². The number of likely N-dealkylation sites (tertiary alicyclic amines) is 1. The minimum Gasteiger partial charge on any atom is -0.373 e. The van der Waals surface area contributed by atoms with E-state index in [4.69, 9.17) is 4.74 Å². The van der Waals surface area contributed by atoms with Crippen LogP contribution in [0, 0.1) is 0 Å². The number of piperidine rings is 1. The molecular formula is C21H33N3O4S. The number of benzene rings is 1. The van der Waals surface area contributed by atoms with Gasteiger partial charge in [-0.1, -0.05) is 6.07 Å². The fourth-order valence-corrected chi connectivity index (χ4v) is 5.95. The molecule has 2 aliphatic heterocycles. The molecule has 0 aromatic heterocycles. The quantitative estimate of drug-likeness (QED) is 0.725. The number of carbonyl (C=O) groups is 1. The lowest BCUT2D eigenvalue weighted by molar-refractivity contribution is -0.0440. The van der Waals surface area contributed by atoms with Crippen LogP contribution in [-0.4, -0.2) is 87.0 Å². The van der Waals surface area contributed by atoms with Crippen molar-refractivity contribution in [2.24, 2.45) is 0 Å². The summed E-state index contributed by atoms with van der Waals surface area (Å²) in [6, 6.07) is 6.65. The number of rotatable bonds is 5. The standard InChI is InChI=1S/C21H33N3O4S/c1-16-13-23(14-17(2)28-16)29(26,27)20-10-7-8-18(12-20)21(25)24-11-6-5-9-19(24)15-22(3)4/h7-8,10,12,16-17,19H,5-6,9,11,13-15H2,1-4H3/t16-,17+,19-/m1/s1. The van der Waals surface area contributed by atoms with Crippen LogP contribution < -0.4 is 0 Å². The molecule has 8 heteroatoms. The maximum Gasteiger partial charge on any atom is 0.254 e. The zero-order valence-electron chi connectivity index (χ0n) is 17.9. The largest absolute Gasteiger partial charge is 0.373 e. The van der Waals surface area contributed by atoms with Gasteiger partial charge in [0.15, 0.2) is 0 Å². The zero-order chi connectivity index (χ0) is 21.2. The average molecular weight is 424 g/mol. The fraction of sp³-hybridized carbons (Fsp3) is 0.667. The molecule has 1 amide bonds. The molecule has 162 valence electrons. The highest BCUT2D eigenvalue weighted by Gasteiger charge is 2.33. The number of carbonyl (C=O) groups excluding carboxylic acids is 1. The van der Waals surface area contributed by atoms with Crippen molar-refractivity contribution in [2.75, 3.05) is 40.3 Å². The predicted octanol–water partition coefficient (Wildman–Crippen LogP) is 2.04. The Morgan fingerprint density at radius 2 is 1.86 bits per heavy atom. The van der Waals surface area contributed by atoms with Gasteiger partial charge in [0.25, 0.3) is 5.91 Å². The van der Waals surface area contributed by atoms with Gasteiger partial charge in [0.1, 0.15) is 0 Å². The lowest BCUT2D eigenvalue weighted by atomic mass is 10.0. The lowest BCUT2D eigenvalue weighted by Gasteiger charge is -2.37. The van der Waals surface area contributed by atoms with Crippen molar-refractivity contribution in [1.29, 1.82) is 0 Å². The molecule has 2 aliphatic rings. The van der Waals surface area contributed by atoms with Crippen LogP contribution in [0.4, 0.5) is 0 Å². The second kappa shape index (κ2) is 9.12. The average Bonchev–Trinajstić information content (AvgIpc) is 2.67. The Bertz CT molecular complexity index is 817. The molecule has 0 N–H and O–H groups in total. The van der Waals surface area contributed by atoms with Gasteiger partial charge in [0, 0.05) is 37.8 Å². The molecule has 0 unspecified atom stereocenters. The summed E-state index contributed by atoms with van der Waals surface area (Å²) in [5.74, 6) is -0.0858. The van der Waals surface area contributed by atoms with Crippen LogP contribution in [0.5, 0.6) is 0 Å². The molecule has 2 saturated heterocycles. The minimum absolute atomic E-state index is 0.0858. The van der Waals surface area contributed by atoms with E-state index in [2.05, 4.69) is 4.90 Å². The first kappa shape index (κ1) is 22.2. The van der Waals surface area contributed by atoms with Gasteiger partial charge in [-0.25, -0.2) is 8.42 Å². The van der Waals surface area contributed by atoms with Crippen LogP contribution >= 0.6 is 0 Å². The first-order chi connectivity index (χ1) is 13.7. The Morgan fingerprint density at radius 1 is 1.17 bits per heavy atom. The molecular weight excluding hydrogens is 390 g/mol. The van der Waals surface area contributed by atoms with Crippen molar-refractivity contribution in [3.05, 3.63) is 29.8 Å². The van der Waals surface area contributed by atoms with E-state index in [1.807, 2.05) is 32.8 Å². The maximum atomic E-state index is 13.2. The highest BCUT2D eigenvalue weighted by Crippen LogP contribution is 2.24. The van der Waals surface area contributed by atoms with Gasteiger partial charge in [0.05, 0.1) is 17.1 Å². The summed E-state index contributed by atoms with van der Waals surface area (Å²) in [6.45, 7) is 5.92. The van der Waals surface area contributed by atoms with E-state index in [0.717, 1.165) is 25.8 Å². The van der Waals surface area contributed by atoms with E-state index in [1.165, 1.54) is 10.4 Å². The number of hydrogen-bond acceptors (Lipinski definition) is 5. The van der Waals surface area contributed by atoms with Gasteiger partial charge in [-0.15, -0.1) is 0 Å². The number of sulfonamides is 1. The summed E-state index contributed by atoms with van der Waals surface area (Å²) in [5, 5.41) is 0. The van der Waals surface area contributed by atoms with Crippen LogP contribution in [-0.2, 0) is 14.8 Å². The number of ether oxygens (including phenoxy) is 1. The van der Waals surface area contributed by atoms with Gasteiger partial charge in [-0.3, -0.25) is 4.79 Å². The van der Waals surface area contributed by atoms with Crippen molar-refractivity contribution in [3.63, 3.8) is 0 Å². The highest BCUT2D eigenvalue weighted by atomic mass is 32.2. The first-order valence-corrected chi connectivity index (χ1v) is 11.8. The van der Waals surface area contributed by atoms with Gasteiger partial charge < -0.3 is 14.5 Å². The molecule has 7 nitrogen and oxygen atoms in total. The van der Waals surface area contributed by atoms with Gasteiger partial charge in [-0.05, 0) is 65.4 Å². The van der Waals surface area contributed by atoms with Crippen molar-refractivity contribution < 1.29 is 17.9 Å². The Labute approximate surface area is 174 Å².